The number of aliphatic hydroxyl groups excluding tert-OH is 1. The van der Waals surface area contributed by atoms with Gasteiger partial charge in [-0.05, 0) is 24.0 Å². The maximum Gasteiger partial charge on any atom is 0.236 e. The van der Waals surface area contributed by atoms with E-state index in [9.17, 15) is 9.90 Å². The van der Waals surface area contributed by atoms with Crippen molar-refractivity contribution in [2.24, 2.45) is 0 Å². The van der Waals surface area contributed by atoms with Gasteiger partial charge >= 0.3 is 0 Å². The first-order valence-corrected chi connectivity index (χ1v) is 6.68. The van der Waals surface area contributed by atoms with Crippen molar-refractivity contribution in [3.05, 3.63) is 35.4 Å². The molecular weight excluding hydrogens is 240 g/mol. The van der Waals surface area contributed by atoms with Crippen LogP contribution in [0.3, 0.4) is 0 Å². The number of benzene rings is 1. The molecule has 0 bridgehead atoms. The molecule has 0 aliphatic heterocycles. The van der Waals surface area contributed by atoms with Gasteiger partial charge < -0.3 is 15.7 Å². The van der Waals surface area contributed by atoms with E-state index in [1.54, 1.807) is 14.0 Å². The molecule has 4 nitrogen and oxygen atoms in total. The lowest BCUT2D eigenvalue weighted by Crippen LogP contribution is -2.42. The van der Waals surface area contributed by atoms with Crippen molar-refractivity contribution in [1.29, 1.82) is 0 Å². The Hall–Kier alpha value is -1.39. The van der Waals surface area contributed by atoms with Crippen LogP contribution in [-0.2, 0) is 4.79 Å². The van der Waals surface area contributed by atoms with Crippen LogP contribution in [0.5, 0.6) is 0 Å². The van der Waals surface area contributed by atoms with Gasteiger partial charge in [0.15, 0.2) is 0 Å². The summed E-state index contributed by atoms with van der Waals surface area (Å²) in [6, 6.07) is 7.63. The molecule has 0 heterocycles. The van der Waals surface area contributed by atoms with Crippen LogP contribution in [0.2, 0.25) is 0 Å². The zero-order chi connectivity index (χ0) is 14.4. The molecule has 2 atom stereocenters. The van der Waals surface area contributed by atoms with E-state index in [4.69, 9.17) is 0 Å². The molecule has 2 unspecified atom stereocenters. The molecule has 0 aliphatic rings. The quantitative estimate of drug-likeness (QED) is 0.731. The van der Waals surface area contributed by atoms with E-state index < -0.39 is 6.10 Å². The molecule has 19 heavy (non-hydrogen) atoms. The zero-order valence-corrected chi connectivity index (χ0v) is 12.1. The number of carbonyl (C=O) groups excluding carboxylic acids is 1. The molecule has 0 spiro atoms. The summed E-state index contributed by atoms with van der Waals surface area (Å²) >= 11 is 0. The van der Waals surface area contributed by atoms with Gasteiger partial charge in [0, 0.05) is 13.6 Å². The highest BCUT2D eigenvalue weighted by molar-refractivity contribution is 5.80. The largest absolute Gasteiger partial charge is 0.387 e. The average molecular weight is 264 g/mol. The first-order valence-electron chi connectivity index (χ1n) is 6.68. The standard InChI is InChI=1S/C15H24N2O2/c1-10(2)12-5-7-13(8-6-12)14(18)9-17-11(3)15(19)16-4/h5-8,10-11,14,17-18H,9H2,1-4H3,(H,16,19). The van der Waals surface area contributed by atoms with E-state index in [-0.39, 0.29) is 11.9 Å². The molecule has 3 N–H and O–H groups in total. The molecular formula is C15H24N2O2. The Bertz CT molecular complexity index is 401. The van der Waals surface area contributed by atoms with Crippen molar-refractivity contribution in [1.82, 2.24) is 10.6 Å². The molecule has 0 radical (unpaired) electrons. The van der Waals surface area contributed by atoms with Gasteiger partial charge in [-0.3, -0.25) is 4.79 Å². The van der Waals surface area contributed by atoms with Crippen molar-refractivity contribution in [3.63, 3.8) is 0 Å². The second-order valence-corrected chi connectivity index (χ2v) is 5.08. The lowest BCUT2D eigenvalue weighted by atomic mass is 10.00. The summed E-state index contributed by atoms with van der Waals surface area (Å²) in [4.78, 5) is 11.3. The van der Waals surface area contributed by atoms with Crippen LogP contribution in [0, 0.1) is 0 Å². The molecule has 0 saturated heterocycles. The van der Waals surface area contributed by atoms with Crippen molar-refractivity contribution >= 4 is 5.91 Å². The smallest absolute Gasteiger partial charge is 0.236 e. The van der Waals surface area contributed by atoms with Gasteiger partial charge in [0.1, 0.15) is 0 Å². The van der Waals surface area contributed by atoms with Gasteiger partial charge in [0.05, 0.1) is 12.1 Å². The van der Waals surface area contributed by atoms with Crippen molar-refractivity contribution in [3.8, 4) is 0 Å². The lowest BCUT2D eigenvalue weighted by molar-refractivity contribution is -0.122. The van der Waals surface area contributed by atoms with Gasteiger partial charge in [0.25, 0.3) is 0 Å². The molecule has 1 amide bonds. The first-order chi connectivity index (χ1) is 8.95. The van der Waals surface area contributed by atoms with Crippen molar-refractivity contribution in [2.75, 3.05) is 13.6 Å². The van der Waals surface area contributed by atoms with Crippen LogP contribution >= 0.6 is 0 Å². The molecule has 1 aromatic carbocycles. The topological polar surface area (TPSA) is 61.4 Å². The summed E-state index contributed by atoms with van der Waals surface area (Å²) in [5.41, 5.74) is 2.11. The number of hydrogen-bond acceptors (Lipinski definition) is 3. The number of rotatable bonds is 6. The summed E-state index contributed by atoms with van der Waals surface area (Å²) in [7, 11) is 1.60. The number of likely N-dealkylation sites (N-methyl/N-ethyl adjacent to an activating group) is 1. The first kappa shape index (κ1) is 15.7. The van der Waals surface area contributed by atoms with Gasteiger partial charge in [-0.1, -0.05) is 38.1 Å². The molecule has 4 heteroatoms. The normalized spacial score (nSPS) is 14.2. The minimum absolute atomic E-state index is 0.0812. The number of aliphatic hydroxyl groups is 1. The van der Waals surface area contributed by atoms with E-state index in [2.05, 4.69) is 24.5 Å². The highest BCUT2D eigenvalue weighted by Gasteiger charge is 2.13. The predicted octanol–water partition coefficient (Wildman–Crippen LogP) is 1.57. The Labute approximate surface area is 115 Å². The molecule has 1 aromatic rings. The summed E-state index contributed by atoms with van der Waals surface area (Å²) in [6.07, 6.45) is -0.603. The van der Waals surface area contributed by atoms with Crippen molar-refractivity contribution < 1.29 is 9.90 Å². The average Bonchev–Trinajstić information content (AvgIpc) is 2.43. The summed E-state index contributed by atoms with van der Waals surface area (Å²) in [6.45, 7) is 6.40. The third-order valence-electron chi connectivity index (χ3n) is 3.24. The Morgan fingerprint density at radius 1 is 1.16 bits per heavy atom. The summed E-state index contributed by atoms with van der Waals surface area (Å²) in [5.74, 6) is 0.403. The maximum atomic E-state index is 11.3. The summed E-state index contributed by atoms with van der Waals surface area (Å²) < 4.78 is 0. The Morgan fingerprint density at radius 3 is 2.16 bits per heavy atom. The minimum atomic E-state index is -0.603. The fourth-order valence-electron chi connectivity index (χ4n) is 1.82. The van der Waals surface area contributed by atoms with Crippen LogP contribution in [0.1, 0.15) is 43.9 Å². The van der Waals surface area contributed by atoms with Crippen LogP contribution in [-0.4, -0.2) is 30.6 Å². The molecule has 106 valence electrons. The number of nitrogens with one attached hydrogen (secondary N) is 2. The highest BCUT2D eigenvalue weighted by atomic mass is 16.3. The fraction of sp³-hybridized carbons (Fsp3) is 0.533. The fourth-order valence-corrected chi connectivity index (χ4v) is 1.82. The third-order valence-corrected chi connectivity index (χ3v) is 3.24. The molecule has 0 fully saturated rings. The SMILES string of the molecule is CNC(=O)C(C)NCC(O)c1ccc(C(C)C)cc1. The van der Waals surface area contributed by atoms with E-state index >= 15 is 0 Å². The Balaban J connectivity index is 2.53. The van der Waals surface area contributed by atoms with E-state index in [1.807, 2.05) is 24.3 Å². The van der Waals surface area contributed by atoms with Gasteiger partial charge in [0.2, 0.25) is 5.91 Å². The van der Waals surface area contributed by atoms with Crippen LogP contribution in [0.4, 0.5) is 0 Å². The van der Waals surface area contributed by atoms with E-state index in [1.165, 1.54) is 5.56 Å². The van der Waals surface area contributed by atoms with Crippen LogP contribution < -0.4 is 10.6 Å². The minimum Gasteiger partial charge on any atom is -0.387 e. The van der Waals surface area contributed by atoms with E-state index in [0.717, 1.165) is 5.56 Å². The second-order valence-electron chi connectivity index (χ2n) is 5.08. The Kier molecular flexibility index (Phi) is 5.99. The van der Waals surface area contributed by atoms with Gasteiger partial charge in [-0.25, -0.2) is 0 Å². The Morgan fingerprint density at radius 2 is 1.68 bits per heavy atom. The van der Waals surface area contributed by atoms with Gasteiger partial charge in [-0.2, -0.15) is 0 Å². The predicted molar refractivity (Wildman–Crippen MR) is 77.0 cm³/mol. The van der Waals surface area contributed by atoms with Crippen LogP contribution in [0.15, 0.2) is 24.3 Å². The number of carbonyl (C=O) groups is 1. The number of amides is 1. The maximum absolute atomic E-state index is 11.3. The molecule has 1 rings (SSSR count). The zero-order valence-electron chi connectivity index (χ0n) is 12.1. The molecule has 0 saturated carbocycles. The third kappa shape index (κ3) is 4.65. The number of hydrogen-bond donors (Lipinski definition) is 3. The summed E-state index contributed by atoms with van der Waals surface area (Å²) in [5, 5.41) is 15.6. The van der Waals surface area contributed by atoms with Crippen LogP contribution in [0.25, 0.3) is 0 Å². The lowest BCUT2D eigenvalue weighted by Gasteiger charge is -2.17. The highest BCUT2D eigenvalue weighted by Crippen LogP contribution is 2.18. The molecule has 0 aliphatic carbocycles. The molecule has 0 aromatic heterocycles. The van der Waals surface area contributed by atoms with E-state index in [0.29, 0.717) is 12.5 Å². The monoisotopic (exact) mass is 264 g/mol. The second kappa shape index (κ2) is 7.26. The van der Waals surface area contributed by atoms with Crippen molar-refractivity contribution in [2.45, 2.75) is 38.8 Å². The van der Waals surface area contributed by atoms with Gasteiger partial charge in [-0.15, -0.1) is 0 Å².